The molecule has 24 heavy (non-hydrogen) atoms. The molecule has 1 fully saturated rings. The molecule has 4 heteroatoms. The topological polar surface area (TPSA) is 18.5 Å². The van der Waals surface area contributed by atoms with E-state index in [4.69, 9.17) is 0 Å². The third kappa shape index (κ3) is 4.84. The number of hydrogen-bond donors (Lipinski definition) is 1. The highest BCUT2D eigenvalue weighted by Crippen LogP contribution is 2.30. The zero-order valence-electron chi connectivity index (χ0n) is 14.6. The Morgan fingerprint density at radius 2 is 1.71 bits per heavy atom. The minimum absolute atomic E-state index is 0.386. The van der Waals surface area contributed by atoms with Crippen molar-refractivity contribution in [2.75, 3.05) is 33.2 Å². The van der Waals surface area contributed by atoms with Gasteiger partial charge < -0.3 is 5.32 Å². The minimum Gasteiger partial charge on any atom is -0.314 e. The highest BCUT2D eigenvalue weighted by Gasteiger charge is 2.13. The van der Waals surface area contributed by atoms with Gasteiger partial charge in [0.2, 0.25) is 0 Å². The normalized spacial score (nSPS) is 17.1. The van der Waals surface area contributed by atoms with E-state index in [0.29, 0.717) is 6.04 Å². The molecule has 3 nitrogen and oxygen atoms in total. The number of nitrogens with one attached hydrogen (secondary N) is 1. The van der Waals surface area contributed by atoms with Crippen LogP contribution in [0, 0.1) is 0 Å². The van der Waals surface area contributed by atoms with Gasteiger partial charge >= 0.3 is 0 Å². The Bertz CT molecular complexity index is 609. The van der Waals surface area contributed by atoms with Gasteiger partial charge in [-0.1, -0.05) is 42.5 Å². The standard InChI is InChI=1S/C20H27N3S/c1-17(19-6-4-3-5-7-19)22(2)24-20-10-8-18(9-11-20)16-23-14-12-21-13-15-23/h3-11,17,21H,12-16H2,1-2H3. The summed E-state index contributed by atoms with van der Waals surface area (Å²) in [6, 6.07) is 20.1. The average molecular weight is 342 g/mol. The average Bonchev–Trinajstić information content (AvgIpc) is 2.64. The van der Waals surface area contributed by atoms with E-state index in [1.165, 1.54) is 16.0 Å². The van der Waals surface area contributed by atoms with Crippen molar-refractivity contribution >= 4 is 11.9 Å². The van der Waals surface area contributed by atoms with E-state index in [-0.39, 0.29) is 0 Å². The van der Waals surface area contributed by atoms with Crippen molar-refractivity contribution in [2.24, 2.45) is 0 Å². The summed E-state index contributed by atoms with van der Waals surface area (Å²) in [5, 5.41) is 3.40. The predicted molar refractivity (Wildman–Crippen MR) is 103 cm³/mol. The molecule has 0 amide bonds. The molecule has 3 rings (SSSR count). The number of piperazine rings is 1. The summed E-state index contributed by atoms with van der Waals surface area (Å²) in [7, 11) is 2.16. The molecule has 1 heterocycles. The molecule has 0 aromatic heterocycles. The molecule has 1 aliphatic rings. The van der Waals surface area contributed by atoms with Crippen molar-refractivity contribution in [1.82, 2.24) is 14.5 Å². The van der Waals surface area contributed by atoms with Crippen LogP contribution in [0.2, 0.25) is 0 Å². The summed E-state index contributed by atoms with van der Waals surface area (Å²) in [5.41, 5.74) is 2.75. The second-order valence-electron chi connectivity index (χ2n) is 6.39. The van der Waals surface area contributed by atoms with Gasteiger partial charge in [0.05, 0.1) is 0 Å². The number of benzene rings is 2. The molecule has 1 saturated heterocycles. The Morgan fingerprint density at radius 1 is 1.04 bits per heavy atom. The molecule has 2 aromatic rings. The maximum Gasteiger partial charge on any atom is 0.0424 e. The van der Waals surface area contributed by atoms with Crippen molar-refractivity contribution in [3.05, 3.63) is 65.7 Å². The number of hydrogen-bond acceptors (Lipinski definition) is 4. The lowest BCUT2D eigenvalue weighted by Gasteiger charge is -2.27. The van der Waals surface area contributed by atoms with Gasteiger partial charge in [-0.2, -0.15) is 0 Å². The third-order valence-electron chi connectivity index (χ3n) is 4.62. The fourth-order valence-electron chi connectivity index (χ4n) is 2.97. The van der Waals surface area contributed by atoms with Crippen LogP contribution in [0.1, 0.15) is 24.1 Å². The molecule has 128 valence electrons. The van der Waals surface area contributed by atoms with E-state index in [1.807, 2.05) is 11.9 Å². The van der Waals surface area contributed by atoms with Crippen molar-refractivity contribution in [3.63, 3.8) is 0 Å². The molecular weight excluding hydrogens is 314 g/mol. The summed E-state index contributed by atoms with van der Waals surface area (Å²) in [6.45, 7) is 7.82. The third-order valence-corrected chi connectivity index (χ3v) is 5.70. The first kappa shape index (κ1) is 17.5. The summed E-state index contributed by atoms with van der Waals surface area (Å²) in [4.78, 5) is 3.81. The Labute approximate surface area is 150 Å². The largest absolute Gasteiger partial charge is 0.314 e. The molecule has 1 aliphatic heterocycles. The van der Waals surface area contributed by atoms with Crippen molar-refractivity contribution in [1.29, 1.82) is 0 Å². The molecule has 0 bridgehead atoms. The minimum atomic E-state index is 0.386. The Balaban J connectivity index is 1.55. The van der Waals surface area contributed by atoms with E-state index in [9.17, 15) is 0 Å². The van der Waals surface area contributed by atoms with Crippen LogP contribution in [0.15, 0.2) is 59.5 Å². The summed E-state index contributed by atoms with van der Waals surface area (Å²) in [5.74, 6) is 0. The van der Waals surface area contributed by atoms with Crippen LogP contribution in [-0.4, -0.2) is 42.4 Å². The Hall–Kier alpha value is -1.33. The van der Waals surface area contributed by atoms with E-state index in [2.05, 4.69) is 83.1 Å². The zero-order valence-corrected chi connectivity index (χ0v) is 15.4. The SMILES string of the molecule is CC(c1ccccc1)N(C)Sc1ccc(CN2CCNCC2)cc1. The Morgan fingerprint density at radius 3 is 2.38 bits per heavy atom. The van der Waals surface area contributed by atoms with Crippen LogP contribution < -0.4 is 5.32 Å². The quantitative estimate of drug-likeness (QED) is 0.806. The van der Waals surface area contributed by atoms with Crippen LogP contribution in [-0.2, 0) is 6.54 Å². The van der Waals surface area contributed by atoms with Crippen LogP contribution in [0.5, 0.6) is 0 Å². The first-order valence-corrected chi connectivity index (χ1v) is 9.47. The van der Waals surface area contributed by atoms with Crippen molar-refractivity contribution in [3.8, 4) is 0 Å². The number of rotatable bonds is 6. The molecule has 1 N–H and O–H groups in total. The molecule has 0 saturated carbocycles. The number of nitrogens with zero attached hydrogens (tertiary/aromatic N) is 2. The lowest BCUT2D eigenvalue weighted by atomic mass is 10.1. The maximum absolute atomic E-state index is 3.40. The van der Waals surface area contributed by atoms with Gasteiger partial charge in [-0.3, -0.25) is 4.90 Å². The zero-order chi connectivity index (χ0) is 16.8. The van der Waals surface area contributed by atoms with Crippen molar-refractivity contribution in [2.45, 2.75) is 24.4 Å². The summed E-state index contributed by atoms with van der Waals surface area (Å²) >= 11 is 1.81. The van der Waals surface area contributed by atoms with Gasteiger partial charge in [0.15, 0.2) is 0 Å². The van der Waals surface area contributed by atoms with E-state index < -0.39 is 0 Å². The highest BCUT2D eigenvalue weighted by molar-refractivity contribution is 7.97. The first-order valence-electron chi connectivity index (χ1n) is 8.70. The van der Waals surface area contributed by atoms with Gasteiger partial charge in [0.1, 0.15) is 0 Å². The Kier molecular flexibility index (Phi) is 6.32. The van der Waals surface area contributed by atoms with Crippen LogP contribution >= 0.6 is 11.9 Å². The van der Waals surface area contributed by atoms with Gasteiger partial charge in [-0.15, -0.1) is 0 Å². The molecule has 0 aliphatic carbocycles. The molecular formula is C20H27N3S. The fourth-order valence-corrected chi connectivity index (χ4v) is 3.84. The summed E-state index contributed by atoms with van der Waals surface area (Å²) < 4.78 is 2.32. The molecule has 0 spiro atoms. The van der Waals surface area contributed by atoms with Gasteiger partial charge in [0.25, 0.3) is 0 Å². The van der Waals surface area contributed by atoms with Crippen LogP contribution in [0.3, 0.4) is 0 Å². The van der Waals surface area contributed by atoms with Crippen LogP contribution in [0.25, 0.3) is 0 Å². The van der Waals surface area contributed by atoms with Crippen molar-refractivity contribution < 1.29 is 0 Å². The predicted octanol–water partition coefficient (Wildman–Crippen LogP) is 3.79. The first-order chi connectivity index (χ1) is 11.7. The molecule has 1 unspecified atom stereocenters. The van der Waals surface area contributed by atoms with E-state index in [0.717, 1.165) is 32.7 Å². The van der Waals surface area contributed by atoms with E-state index in [1.54, 1.807) is 0 Å². The van der Waals surface area contributed by atoms with Crippen LogP contribution in [0.4, 0.5) is 0 Å². The van der Waals surface area contributed by atoms with E-state index >= 15 is 0 Å². The monoisotopic (exact) mass is 341 g/mol. The molecule has 2 aromatic carbocycles. The fraction of sp³-hybridized carbons (Fsp3) is 0.400. The lowest BCUT2D eigenvalue weighted by Crippen LogP contribution is -2.42. The molecule has 0 radical (unpaired) electrons. The second-order valence-corrected chi connectivity index (χ2v) is 7.62. The molecule has 1 atom stereocenters. The highest BCUT2D eigenvalue weighted by atomic mass is 32.2. The second kappa shape index (κ2) is 8.67. The van der Waals surface area contributed by atoms with Gasteiger partial charge in [-0.25, -0.2) is 4.31 Å². The van der Waals surface area contributed by atoms with Gasteiger partial charge in [0, 0.05) is 43.7 Å². The maximum atomic E-state index is 3.40. The lowest BCUT2D eigenvalue weighted by molar-refractivity contribution is 0.233. The smallest absolute Gasteiger partial charge is 0.0424 e. The summed E-state index contributed by atoms with van der Waals surface area (Å²) in [6.07, 6.45) is 0. The van der Waals surface area contributed by atoms with Gasteiger partial charge in [-0.05, 0) is 49.2 Å².